The number of furan rings is 1. The van der Waals surface area contributed by atoms with Gasteiger partial charge in [-0.15, -0.1) is 11.3 Å². The number of nitrogens with zero attached hydrogens (tertiary/aromatic N) is 1. The quantitative estimate of drug-likeness (QED) is 0.860. The van der Waals surface area contributed by atoms with Crippen LogP contribution in [0.25, 0.3) is 10.8 Å². The number of carbonyl (C=O) groups is 1. The van der Waals surface area contributed by atoms with Crippen molar-refractivity contribution in [3.63, 3.8) is 0 Å². The molecule has 2 rings (SSSR count). The van der Waals surface area contributed by atoms with Crippen molar-refractivity contribution < 1.29 is 9.21 Å². The molecule has 0 bridgehead atoms. The highest BCUT2D eigenvalue weighted by Crippen LogP contribution is 2.27. The van der Waals surface area contributed by atoms with E-state index in [-0.39, 0.29) is 11.9 Å². The van der Waals surface area contributed by atoms with Gasteiger partial charge in [0.25, 0.3) is 5.91 Å². The average Bonchev–Trinajstić information content (AvgIpc) is 3.05. The summed E-state index contributed by atoms with van der Waals surface area (Å²) in [5, 5.41) is 3.68. The molecule has 3 N–H and O–H groups in total. The molecule has 0 aliphatic rings. The summed E-state index contributed by atoms with van der Waals surface area (Å²) < 4.78 is 5.32. The van der Waals surface area contributed by atoms with Gasteiger partial charge in [-0.25, -0.2) is 4.98 Å². The van der Waals surface area contributed by atoms with Crippen molar-refractivity contribution in [1.29, 1.82) is 0 Å². The smallest absolute Gasteiger partial charge is 0.271 e. The maximum atomic E-state index is 12.3. The van der Waals surface area contributed by atoms with Gasteiger partial charge in [0.05, 0.1) is 6.26 Å². The van der Waals surface area contributed by atoms with Gasteiger partial charge in [0.2, 0.25) is 0 Å². The zero-order valence-corrected chi connectivity index (χ0v) is 13.4. The van der Waals surface area contributed by atoms with Crippen molar-refractivity contribution >= 4 is 17.2 Å². The molecule has 2 aromatic heterocycles. The third-order valence-corrected chi connectivity index (χ3v) is 4.10. The molecule has 21 heavy (non-hydrogen) atoms. The second-order valence-electron chi connectivity index (χ2n) is 5.44. The van der Waals surface area contributed by atoms with Gasteiger partial charge in [0.1, 0.15) is 5.69 Å². The van der Waals surface area contributed by atoms with Crippen LogP contribution in [0.2, 0.25) is 0 Å². The minimum absolute atomic E-state index is 0.0225. The molecule has 0 aliphatic heterocycles. The predicted octanol–water partition coefficient (Wildman–Crippen LogP) is 2.81. The summed E-state index contributed by atoms with van der Waals surface area (Å²) in [5.74, 6) is 0.992. The van der Waals surface area contributed by atoms with E-state index in [2.05, 4.69) is 24.1 Å². The van der Waals surface area contributed by atoms with Crippen LogP contribution in [0.1, 0.15) is 35.6 Å². The summed E-state index contributed by atoms with van der Waals surface area (Å²) in [6, 6.07) is 3.62. The molecule has 114 valence electrons. The van der Waals surface area contributed by atoms with E-state index in [1.165, 1.54) is 11.3 Å². The second kappa shape index (κ2) is 6.87. The highest BCUT2D eigenvalue weighted by atomic mass is 32.1. The first-order chi connectivity index (χ1) is 10.0. The minimum atomic E-state index is -0.169. The Morgan fingerprint density at radius 2 is 2.29 bits per heavy atom. The van der Waals surface area contributed by atoms with Crippen LogP contribution in [0, 0.1) is 12.8 Å². The first kappa shape index (κ1) is 15.7. The minimum Gasteiger partial charge on any atom is -0.462 e. The summed E-state index contributed by atoms with van der Waals surface area (Å²) in [6.45, 7) is 6.53. The predicted molar refractivity (Wildman–Crippen MR) is 84.3 cm³/mol. The Bertz CT molecular complexity index is 590. The molecule has 1 atom stereocenters. The lowest BCUT2D eigenvalue weighted by Crippen LogP contribution is -2.41. The lowest BCUT2D eigenvalue weighted by Gasteiger charge is -2.18. The molecular formula is C15H21N3O2S. The molecule has 0 radical (unpaired) electrons. The Hall–Kier alpha value is -1.66. The van der Waals surface area contributed by atoms with Crippen LogP contribution in [-0.2, 0) is 0 Å². The van der Waals surface area contributed by atoms with E-state index in [1.807, 2.05) is 13.0 Å². The van der Waals surface area contributed by atoms with Gasteiger partial charge >= 0.3 is 0 Å². The third kappa shape index (κ3) is 3.92. The third-order valence-electron chi connectivity index (χ3n) is 3.12. The molecular weight excluding hydrogens is 286 g/mol. The molecule has 0 saturated carbocycles. The maximum Gasteiger partial charge on any atom is 0.271 e. The fourth-order valence-electron chi connectivity index (χ4n) is 2.15. The van der Waals surface area contributed by atoms with Gasteiger partial charge in [-0.2, -0.15) is 0 Å². The number of rotatable bonds is 6. The lowest BCUT2D eigenvalue weighted by atomic mass is 10.0. The van der Waals surface area contributed by atoms with E-state index in [9.17, 15) is 4.79 Å². The zero-order chi connectivity index (χ0) is 15.4. The Morgan fingerprint density at radius 3 is 2.86 bits per heavy atom. The molecule has 0 aromatic carbocycles. The van der Waals surface area contributed by atoms with Crippen LogP contribution in [0.3, 0.4) is 0 Å². The molecule has 1 unspecified atom stereocenters. The second-order valence-corrected chi connectivity index (χ2v) is 6.64. The van der Waals surface area contributed by atoms with Crippen LogP contribution in [0.5, 0.6) is 0 Å². The first-order valence-electron chi connectivity index (χ1n) is 7.03. The average molecular weight is 307 g/mol. The number of hydrogen-bond acceptors (Lipinski definition) is 5. The Labute approximate surface area is 128 Å². The summed E-state index contributed by atoms with van der Waals surface area (Å²) in [5.41, 5.74) is 6.17. The van der Waals surface area contributed by atoms with Crippen molar-refractivity contribution in [1.82, 2.24) is 10.3 Å². The number of thiazole rings is 1. The van der Waals surface area contributed by atoms with E-state index in [0.717, 1.165) is 16.3 Å². The van der Waals surface area contributed by atoms with E-state index in [0.29, 0.717) is 23.9 Å². The summed E-state index contributed by atoms with van der Waals surface area (Å²) in [4.78, 5) is 17.6. The van der Waals surface area contributed by atoms with Gasteiger partial charge < -0.3 is 15.5 Å². The molecule has 6 heteroatoms. The molecule has 0 saturated heterocycles. The Morgan fingerprint density at radius 1 is 1.52 bits per heavy atom. The van der Waals surface area contributed by atoms with Gasteiger partial charge in [-0.05, 0) is 31.4 Å². The van der Waals surface area contributed by atoms with Crippen LogP contribution in [-0.4, -0.2) is 23.5 Å². The van der Waals surface area contributed by atoms with E-state index < -0.39 is 0 Å². The summed E-state index contributed by atoms with van der Waals surface area (Å²) >= 11 is 1.45. The number of aromatic nitrogens is 1. The normalized spacial score (nSPS) is 12.6. The largest absolute Gasteiger partial charge is 0.462 e. The zero-order valence-electron chi connectivity index (χ0n) is 12.6. The molecule has 0 fully saturated rings. The molecule has 5 nitrogen and oxygen atoms in total. The maximum absolute atomic E-state index is 12.3. The van der Waals surface area contributed by atoms with Crippen molar-refractivity contribution in [2.75, 3.05) is 6.54 Å². The molecule has 2 heterocycles. The van der Waals surface area contributed by atoms with Crippen molar-refractivity contribution in [3.05, 3.63) is 29.0 Å². The van der Waals surface area contributed by atoms with Gasteiger partial charge in [-0.3, -0.25) is 4.79 Å². The number of nitrogens with one attached hydrogen (secondary N) is 1. The molecule has 1 amide bonds. The highest BCUT2D eigenvalue weighted by molar-refractivity contribution is 7.15. The number of hydrogen-bond donors (Lipinski definition) is 2. The first-order valence-corrected chi connectivity index (χ1v) is 7.85. The van der Waals surface area contributed by atoms with Gasteiger partial charge in [0, 0.05) is 17.5 Å². The van der Waals surface area contributed by atoms with Crippen LogP contribution < -0.4 is 11.1 Å². The van der Waals surface area contributed by atoms with Crippen LogP contribution in [0.4, 0.5) is 0 Å². The highest BCUT2D eigenvalue weighted by Gasteiger charge is 2.20. The fourth-order valence-corrected chi connectivity index (χ4v) is 3.03. The summed E-state index contributed by atoms with van der Waals surface area (Å²) in [7, 11) is 0. The monoisotopic (exact) mass is 307 g/mol. The van der Waals surface area contributed by atoms with Crippen LogP contribution >= 0.6 is 11.3 Å². The van der Waals surface area contributed by atoms with Crippen LogP contribution in [0.15, 0.2) is 22.8 Å². The van der Waals surface area contributed by atoms with Crippen molar-refractivity contribution in [3.8, 4) is 10.8 Å². The Kier molecular flexibility index (Phi) is 5.14. The fraction of sp³-hybridized carbons (Fsp3) is 0.467. The molecule has 0 aliphatic carbocycles. The van der Waals surface area contributed by atoms with E-state index in [1.54, 1.807) is 12.3 Å². The van der Waals surface area contributed by atoms with Gasteiger partial charge in [-0.1, -0.05) is 13.8 Å². The standard InChI is InChI=1S/C15H21N3O2S/c1-9(2)7-11(8-16)17-14(19)13-10(3)21-15(18-13)12-5-4-6-20-12/h4-6,9,11H,7-8,16H2,1-3H3,(H,17,19). The summed E-state index contributed by atoms with van der Waals surface area (Å²) in [6.07, 6.45) is 2.45. The lowest BCUT2D eigenvalue weighted by molar-refractivity contribution is 0.0929. The SMILES string of the molecule is Cc1sc(-c2ccco2)nc1C(=O)NC(CN)CC(C)C. The number of carbonyl (C=O) groups excluding carboxylic acids is 1. The van der Waals surface area contributed by atoms with Crippen molar-refractivity contribution in [2.24, 2.45) is 11.7 Å². The van der Waals surface area contributed by atoms with E-state index >= 15 is 0 Å². The number of nitrogens with two attached hydrogens (primary N) is 1. The molecule has 2 aromatic rings. The Balaban J connectivity index is 2.12. The van der Waals surface area contributed by atoms with Gasteiger partial charge in [0.15, 0.2) is 10.8 Å². The molecule has 0 spiro atoms. The van der Waals surface area contributed by atoms with Crippen molar-refractivity contribution in [2.45, 2.75) is 33.2 Å². The number of amides is 1. The topological polar surface area (TPSA) is 81.2 Å². The van der Waals surface area contributed by atoms with E-state index in [4.69, 9.17) is 10.2 Å². The number of aryl methyl sites for hydroxylation is 1.